The maximum absolute atomic E-state index is 12.9. The minimum Gasteiger partial charge on any atom is -0.462 e. The van der Waals surface area contributed by atoms with Crippen LogP contribution < -0.4 is 0 Å². The van der Waals surface area contributed by atoms with Crippen LogP contribution in [0, 0.1) is 0 Å². The van der Waals surface area contributed by atoms with Gasteiger partial charge in [0.15, 0.2) is 6.10 Å². The smallest absolute Gasteiger partial charge is 0.306 e. The number of esters is 3. The normalized spacial score (nSPS) is 12.3. The molecule has 0 amide bonds. The zero-order valence-corrected chi connectivity index (χ0v) is 52.5. The molecule has 6 heteroatoms. The van der Waals surface area contributed by atoms with Gasteiger partial charge in [-0.05, 0) is 77.0 Å². The standard InChI is InChI=1S/C72H132O6/c1-4-7-10-13-16-19-22-25-27-29-31-33-35-36-37-39-40-42-44-47-50-53-56-59-62-65-71(74)77-68-69(67-76-70(73)64-61-58-55-52-49-46-24-21-18-15-12-9-6-3)78-72(75)66-63-60-57-54-51-48-45-43-41-38-34-32-30-28-26-23-20-17-14-11-8-5-2/h9,12,18,21,29,31,46,49,69H,4-8,10-11,13-17,19-20,22-28,30,32-45,47-48,50-68H2,1-3H3/b12-9-,21-18-,31-29-,49-46-. The van der Waals surface area contributed by atoms with Gasteiger partial charge in [-0.3, -0.25) is 14.4 Å². The molecule has 0 aromatic carbocycles. The van der Waals surface area contributed by atoms with Crippen LogP contribution >= 0.6 is 0 Å². The maximum Gasteiger partial charge on any atom is 0.306 e. The van der Waals surface area contributed by atoms with Gasteiger partial charge < -0.3 is 14.2 Å². The minimum atomic E-state index is -0.784. The molecule has 456 valence electrons. The number of allylic oxidation sites excluding steroid dienone is 8. The van der Waals surface area contributed by atoms with Crippen molar-refractivity contribution in [2.24, 2.45) is 0 Å². The maximum atomic E-state index is 12.9. The average molecular weight is 1090 g/mol. The first-order valence-electron chi connectivity index (χ1n) is 34.6. The Bertz CT molecular complexity index is 1350. The van der Waals surface area contributed by atoms with E-state index in [1.807, 2.05) is 0 Å². The van der Waals surface area contributed by atoms with E-state index in [1.54, 1.807) is 0 Å². The summed E-state index contributed by atoms with van der Waals surface area (Å²) in [6, 6.07) is 0. The van der Waals surface area contributed by atoms with Gasteiger partial charge in [-0.25, -0.2) is 0 Å². The highest BCUT2D eigenvalue weighted by Gasteiger charge is 2.19. The summed E-state index contributed by atoms with van der Waals surface area (Å²) in [6.07, 6.45) is 84.3. The van der Waals surface area contributed by atoms with Crippen molar-refractivity contribution < 1.29 is 28.6 Å². The van der Waals surface area contributed by atoms with Crippen LogP contribution in [0.3, 0.4) is 0 Å². The molecular formula is C72H132O6. The lowest BCUT2D eigenvalue weighted by Crippen LogP contribution is -2.30. The first-order valence-corrected chi connectivity index (χ1v) is 34.6. The molecule has 0 aromatic heterocycles. The van der Waals surface area contributed by atoms with Crippen molar-refractivity contribution in [2.45, 2.75) is 380 Å². The Morgan fingerprint density at radius 2 is 0.500 bits per heavy atom. The summed E-state index contributed by atoms with van der Waals surface area (Å²) in [5.74, 6) is -0.884. The van der Waals surface area contributed by atoms with Gasteiger partial charge >= 0.3 is 17.9 Å². The third-order valence-corrected chi connectivity index (χ3v) is 15.6. The first-order chi connectivity index (χ1) is 38.5. The molecule has 0 saturated heterocycles. The fourth-order valence-corrected chi connectivity index (χ4v) is 10.4. The highest BCUT2D eigenvalue weighted by atomic mass is 16.6. The summed E-state index contributed by atoms with van der Waals surface area (Å²) in [6.45, 7) is 6.57. The summed E-state index contributed by atoms with van der Waals surface area (Å²) in [5.41, 5.74) is 0. The highest BCUT2D eigenvalue weighted by molar-refractivity contribution is 5.71. The molecule has 0 spiro atoms. The molecule has 0 aliphatic heterocycles. The van der Waals surface area contributed by atoms with E-state index in [0.29, 0.717) is 19.3 Å². The molecule has 0 radical (unpaired) electrons. The second-order valence-electron chi connectivity index (χ2n) is 23.4. The lowest BCUT2D eigenvalue weighted by atomic mass is 10.0. The van der Waals surface area contributed by atoms with Gasteiger partial charge in [-0.15, -0.1) is 0 Å². The van der Waals surface area contributed by atoms with Crippen molar-refractivity contribution in [2.75, 3.05) is 13.2 Å². The topological polar surface area (TPSA) is 78.9 Å². The number of rotatable bonds is 64. The molecular weight excluding hydrogens is 961 g/mol. The molecule has 0 bridgehead atoms. The van der Waals surface area contributed by atoms with Crippen molar-refractivity contribution in [3.8, 4) is 0 Å². The molecule has 0 aromatic rings. The predicted molar refractivity (Wildman–Crippen MR) is 339 cm³/mol. The summed E-state index contributed by atoms with van der Waals surface area (Å²) in [7, 11) is 0. The largest absolute Gasteiger partial charge is 0.462 e. The lowest BCUT2D eigenvalue weighted by Gasteiger charge is -2.18. The van der Waals surface area contributed by atoms with E-state index in [2.05, 4.69) is 69.4 Å². The second-order valence-corrected chi connectivity index (χ2v) is 23.4. The van der Waals surface area contributed by atoms with E-state index in [0.717, 1.165) is 83.5 Å². The number of ether oxygens (including phenoxy) is 3. The number of carbonyl (C=O) groups excluding carboxylic acids is 3. The molecule has 1 atom stereocenters. The van der Waals surface area contributed by atoms with Crippen LogP contribution in [0.1, 0.15) is 374 Å². The van der Waals surface area contributed by atoms with Crippen LogP contribution in [0.2, 0.25) is 0 Å². The third kappa shape index (κ3) is 64.2. The van der Waals surface area contributed by atoms with Crippen LogP contribution in [0.25, 0.3) is 0 Å². The van der Waals surface area contributed by atoms with Gasteiger partial charge in [-0.1, -0.05) is 326 Å². The van der Waals surface area contributed by atoms with E-state index in [1.165, 1.54) is 250 Å². The van der Waals surface area contributed by atoms with E-state index >= 15 is 0 Å². The number of hydrogen-bond acceptors (Lipinski definition) is 6. The molecule has 0 heterocycles. The van der Waals surface area contributed by atoms with Crippen molar-refractivity contribution in [3.63, 3.8) is 0 Å². The third-order valence-electron chi connectivity index (χ3n) is 15.6. The van der Waals surface area contributed by atoms with E-state index in [9.17, 15) is 14.4 Å². The van der Waals surface area contributed by atoms with E-state index in [-0.39, 0.29) is 31.1 Å². The van der Waals surface area contributed by atoms with Crippen LogP contribution in [-0.4, -0.2) is 37.2 Å². The molecule has 78 heavy (non-hydrogen) atoms. The van der Waals surface area contributed by atoms with Gasteiger partial charge in [0.05, 0.1) is 0 Å². The fourth-order valence-electron chi connectivity index (χ4n) is 10.4. The number of carbonyl (C=O) groups is 3. The van der Waals surface area contributed by atoms with Gasteiger partial charge in [0.25, 0.3) is 0 Å². The SMILES string of the molecule is CC/C=C\C/C=C\C/C=C\CCCCCC(=O)OCC(COC(=O)CCCCCCCCCCCCCCC/C=C\CCCCCCCCCC)OC(=O)CCCCCCCCCCCCCCCCCCCCCCCC. The lowest BCUT2D eigenvalue weighted by molar-refractivity contribution is -0.167. The van der Waals surface area contributed by atoms with E-state index in [4.69, 9.17) is 14.2 Å². The van der Waals surface area contributed by atoms with Gasteiger partial charge in [0, 0.05) is 19.3 Å². The average Bonchev–Trinajstić information content (AvgIpc) is 3.44. The molecule has 0 rings (SSSR count). The summed E-state index contributed by atoms with van der Waals surface area (Å²) < 4.78 is 16.9. The highest BCUT2D eigenvalue weighted by Crippen LogP contribution is 2.18. The Labute approximate surface area is 486 Å². The summed E-state index contributed by atoms with van der Waals surface area (Å²) in [4.78, 5) is 38.4. The predicted octanol–water partition coefficient (Wildman–Crippen LogP) is 23.7. The van der Waals surface area contributed by atoms with Gasteiger partial charge in [0.1, 0.15) is 13.2 Å². The molecule has 0 aliphatic rings. The van der Waals surface area contributed by atoms with Gasteiger partial charge in [-0.2, -0.15) is 0 Å². The first kappa shape index (κ1) is 75.4. The molecule has 1 unspecified atom stereocenters. The second kappa shape index (κ2) is 66.9. The molecule has 0 aliphatic carbocycles. The van der Waals surface area contributed by atoms with Crippen LogP contribution in [0.4, 0.5) is 0 Å². The summed E-state index contributed by atoms with van der Waals surface area (Å²) >= 11 is 0. The number of unbranched alkanes of at least 4 members (excludes halogenated alkanes) is 45. The van der Waals surface area contributed by atoms with Crippen LogP contribution in [0.15, 0.2) is 48.6 Å². The molecule has 0 fully saturated rings. The van der Waals surface area contributed by atoms with Crippen LogP contribution in [-0.2, 0) is 28.6 Å². The van der Waals surface area contributed by atoms with E-state index < -0.39 is 6.10 Å². The Hall–Kier alpha value is -2.63. The molecule has 0 N–H and O–H groups in total. The van der Waals surface area contributed by atoms with Gasteiger partial charge in [0.2, 0.25) is 0 Å². The zero-order valence-electron chi connectivity index (χ0n) is 52.5. The fraction of sp³-hybridized carbons (Fsp3) is 0.847. The van der Waals surface area contributed by atoms with Crippen LogP contribution in [0.5, 0.6) is 0 Å². The minimum absolute atomic E-state index is 0.0784. The Balaban J connectivity index is 4.25. The van der Waals surface area contributed by atoms with Crippen molar-refractivity contribution >= 4 is 17.9 Å². The zero-order chi connectivity index (χ0) is 56.4. The quantitative estimate of drug-likeness (QED) is 0.0261. The Kier molecular flexibility index (Phi) is 64.6. The summed E-state index contributed by atoms with van der Waals surface area (Å²) in [5, 5.41) is 0. The molecule has 6 nitrogen and oxygen atoms in total. The van der Waals surface area contributed by atoms with Crippen molar-refractivity contribution in [3.05, 3.63) is 48.6 Å². The number of hydrogen-bond donors (Lipinski definition) is 0. The Morgan fingerprint density at radius 1 is 0.269 bits per heavy atom. The monoisotopic (exact) mass is 1090 g/mol. The molecule has 0 saturated carbocycles. The van der Waals surface area contributed by atoms with Crippen molar-refractivity contribution in [1.29, 1.82) is 0 Å². The van der Waals surface area contributed by atoms with Crippen molar-refractivity contribution in [1.82, 2.24) is 0 Å². The Morgan fingerprint density at radius 3 is 0.808 bits per heavy atom.